The number of likely N-dealkylation sites (N-methyl/N-ethyl adjacent to an activating group) is 1. The lowest BCUT2D eigenvalue weighted by molar-refractivity contribution is 0.280. The molecule has 0 bridgehead atoms. The van der Waals surface area contributed by atoms with E-state index >= 15 is 0 Å². The largest absolute Gasteiger partial charge is 0.309 e. The van der Waals surface area contributed by atoms with Crippen LogP contribution in [0, 0.1) is 19.8 Å². The quantitative estimate of drug-likeness (QED) is 0.778. The number of rotatable bonds is 8. The van der Waals surface area contributed by atoms with Gasteiger partial charge in [0.15, 0.2) is 0 Å². The van der Waals surface area contributed by atoms with E-state index in [1.807, 2.05) is 0 Å². The SMILES string of the molecule is CCCNC(CN(C)CC1CC1)c1ccc(C)c(C)c1. The molecule has 1 unspecified atom stereocenters. The Labute approximate surface area is 124 Å². The minimum absolute atomic E-state index is 0.456. The average Bonchev–Trinajstić information content (AvgIpc) is 3.21. The number of benzene rings is 1. The summed E-state index contributed by atoms with van der Waals surface area (Å²) in [6, 6.07) is 7.36. The number of nitrogens with one attached hydrogen (secondary N) is 1. The normalized spacial score (nSPS) is 16.6. The molecule has 1 aromatic carbocycles. The molecule has 0 spiro atoms. The van der Waals surface area contributed by atoms with Gasteiger partial charge in [0.25, 0.3) is 0 Å². The van der Waals surface area contributed by atoms with Gasteiger partial charge in [-0.3, -0.25) is 0 Å². The lowest BCUT2D eigenvalue weighted by atomic mass is 10.0. The van der Waals surface area contributed by atoms with Gasteiger partial charge in [-0.25, -0.2) is 0 Å². The van der Waals surface area contributed by atoms with Crippen LogP contribution in [-0.4, -0.2) is 31.6 Å². The fourth-order valence-corrected chi connectivity index (χ4v) is 2.72. The van der Waals surface area contributed by atoms with Crippen molar-refractivity contribution in [3.8, 4) is 0 Å². The van der Waals surface area contributed by atoms with Crippen LogP contribution < -0.4 is 5.32 Å². The highest BCUT2D eigenvalue weighted by Gasteiger charge is 2.24. The summed E-state index contributed by atoms with van der Waals surface area (Å²) in [5.74, 6) is 0.964. The summed E-state index contributed by atoms with van der Waals surface area (Å²) in [7, 11) is 2.26. The summed E-state index contributed by atoms with van der Waals surface area (Å²) in [5.41, 5.74) is 4.22. The van der Waals surface area contributed by atoms with Crippen LogP contribution in [0.2, 0.25) is 0 Å². The molecular weight excluding hydrogens is 244 g/mol. The molecule has 0 aliphatic heterocycles. The Morgan fingerprint density at radius 3 is 2.60 bits per heavy atom. The summed E-state index contributed by atoms with van der Waals surface area (Å²) < 4.78 is 0. The molecule has 1 atom stereocenters. The predicted octanol–water partition coefficient (Wildman–Crippen LogP) is 3.69. The van der Waals surface area contributed by atoms with Crippen LogP contribution in [-0.2, 0) is 0 Å². The molecular formula is C18H30N2. The molecule has 112 valence electrons. The first-order chi connectivity index (χ1) is 9.60. The third-order valence-corrected chi connectivity index (χ3v) is 4.34. The number of hydrogen-bond acceptors (Lipinski definition) is 2. The van der Waals surface area contributed by atoms with E-state index in [1.54, 1.807) is 0 Å². The van der Waals surface area contributed by atoms with Gasteiger partial charge in [0, 0.05) is 19.1 Å². The van der Waals surface area contributed by atoms with Crippen LogP contribution >= 0.6 is 0 Å². The van der Waals surface area contributed by atoms with Crippen molar-refractivity contribution < 1.29 is 0 Å². The molecule has 0 radical (unpaired) electrons. The Kier molecular flexibility index (Phi) is 5.62. The van der Waals surface area contributed by atoms with Crippen molar-refractivity contribution in [2.75, 3.05) is 26.7 Å². The van der Waals surface area contributed by atoms with Crippen molar-refractivity contribution in [3.05, 3.63) is 34.9 Å². The fourth-order valence-electron chi connectivity index (χ4n) is 2.72. The summed E-state index contributed by atoms with van der Waals surface area (Å²) in [6.45, 7) is 10.1. The van der Waals surface area contributed by atoms with Crippen molar-refractivity contribution in [2.45, 2.75) is 46.1 Å². The zero-order chi connectivity index (χ0) is 14.5. The molecule has 0 aromatic heterocycles. The maximum Gasteiger partial charge on any atom is 0.0449 e. The molecule has 20 heavy (non-hydrogen) atoms. The Morgan fingerprint density at radius 2 is 2.00 bits per heavy atom. The minimum Gasteiger partial charge on any atom is -0.309 e. The Hall–Kier alpha value is -0.860. The number of aryl methyl sites for hydroxylation is 2. The average molecular weight is 274 g/mol. The lowest BCUT2D eigenvalue weighted by Gasteiger charge is -2.26. The highest BCUT2D eigenvalue weighted by molar-refractivity contribution is 5.31. The molecule has 1 fully saturated rings. The van der Waals surface area contributed by atoms with E-state index in [0.29, 0.717) is 6.04 Å². The summed E-state index contributed by atoms with van der Waals surface area (Å²) >= 11 is 0. The third-order valence-electron chi connectivity index (χ3n) is 4.34. The zero-order valence-electron chi connectivity index (χ0n) is 13.6. The highest BCUT2D eigenvalue weighted by atomic mass is 15.1. The summed E-state index contributed by atoms with van der Waals surface area (Å²) in [4.78, 5) is 2.50. The first kappa shape index (κ1) is 15.5. The second-order valence-corrected chi connectivity index (χ2v) is 6.51. The van der Waals surface area contributed by atoms with E-state index in [1.165, 1.54) is 42.5 Å². The first-order valence-corrected chi connectivity index (χ1v) is 8.09. The zero-order valence-corrected chi connectivity index (χ0v) is 13.6. The van der Waals surface area contributed by atoms with E-state index in [2.05, 4.69) is 56.2 Å². The van der Waals surface area contributed by atoms with E-state index in [-0.39, 0.29) is 0 Å². The molecule has 2 nitrogen and oxygen atoms in total. The van der Waals surface area contributed by atoms with E-state index < -0.39 is 0 Å². The van der Waals surface area contributed by atoms with E-state index in [0.717, 1.165) is 19.0 Å². The molecule has 1 saturated carbocycles. The lowest BCUT2D eigenvalue weighted by Crippen LogP contribution is -2.34. The second-order valence-electron chi connectivity index (χ2n) is 6.51. The van der Waals surface area contributed by atoms with Crippen LogP contribution in [0.5, 0.6) is 0 Å². The fraction of sp³-hybridized carbons (Fsp3) is 0.667. The van der Waals surface area contributed by atoms with Gasteiger partial charge in [-0.15, -0.1) is 0 Å². The van der Waals surface area contributed by atoms with Crippen molar-refractivity contribution in [2.24, 2.45) is 5.92 Å². The predicted molar refractivity (Wildman–Crippen MR) is 87.2 cm³/mol. The number of hydrogen-bond donors (Lipinski definition) is 1. The smallest absolute Gasteiger partial charge is 0.0449 e. The number of nitrogens with zero attached hydrogens (tertiary/aromatic N) is 1. The Morgan fingerprint density at radius 1 is 1.25 bits per heavy atom. The maximum atomic E-state index is 3.72. The molecule has 1 aliphatic rings. The van der Waals surface area contributed by atoms with Gasteiger partial charge in [0.05, 0.1) is 0 Å². The Balaban J connectivity index is 2.02. The van der Waals surface area contributed by atoms with Gasteiger partial charge >= 0.3 is 0 Å². The van der Waals surface area contributed by atoms with Crippen molar-refractivity contribution >= 4 is 0 Å². The highest BCUT2D eigenvalue weighted by Crippen LogP contribution is 2.30. The van der Waals surface area contributed by atoms with Gasteiger partial charge in [-0.05, 0) is 69.3 Å². The molecule has 0 amide bonds. The molecule has 1 aliphatic carbocycles. The van der Waals surface area contributed by atoms with Crippen LogP contribution in [0.3, 0.4) is 0 Å². The Bertz CT molecular complexity index is 423. The molecule has 1 aromatic rings. The second kappa shape index (κ2) is 7.24. The van der Waals surface area contributed by atoms with Gasteiger partial charge in [-0.1, -0.05) is 25.1 Å². The van der Waals surface area contributed by atoms with Crippen molar-refractivity contribution in [1.82, 2.24) is 10.2 Å². The van der Waals surface area contributed by atoms with Gasteiger partial charge in [-0.2, -0.15) is 0 Å². The third kappa shape index (κ3) is 4.60. The topological polar surface area (TPSA) is 15.3 Å². The van der Waals surface area contributed by atoms with Crippen LogP contribution in [0.1, 0.15) is 48.9 Å². The van der Waals surface area contributed by atoms with Crippen LogP contribution in [0.4, 0.5) is 0 Å². The molecule has 0 saturated heterocycles. The van der Waals surface area contributed by atoms with Crippen molar-refractivity contribution in [3.63, 3.8) is 0 Å². The van der Waals surface area contributed by atoms with Crippen LogP contribution in [0.25, 0.3) is 0 Å². The minimum atomic E-state index is 0.456. The maximum absolute atomic E-state index is 3.72. The van der Waals surface area contributed by atoms with E-state index in [4.69, 9.17) is 0 Å². The van der Waals surface area contributed by atoms with Gasteiger partial charge in [0.2, 0.25) is 0 Å². The summed E-state index contributed by atoms with van der Waals surface area (Å²) in [6.07, 6.45) is 4.05. The van der Waals surface area contributed by atoms with Gasteiger partial charge in [0.1, 0.15) is 0 Å². The van der Waals surface area contributed by atoms with Gasteiger partial charge < -0.3 is 10.2 Å². The standard InChI is InChI=1S/C18H30N2/c1-5-10-19-18(13-20(4)12-16-7-8-16)17-9-6-14(2)15(3)11-17/h6,9,11,16,18-19H,5,7-8,10,12-13H2,1-4H3. The molecule has 2 rings (SSSR count). The molecule has 1 N–H and O–H groups in total. The monoisotopic (exact) mass is 274 g/mol. The molecule has 2 heteroatoms. The van der Waals surface area contributed by atoms with Crippen LogP contribution in [0.15, 0.2) is 18.2 Å². The van der Waals surface area contributed by atoms with Crippen molar-refractivity contribution in [1.29, 1.82) is 0 Å². The van der Waals surface area contributed by atoms with E-state index in [9.17, 15) is 0 Å². The first-order valence-electron chi connectivity index (χ1n) is 8.09. The summed E-state index contributed by atoms with van der Waals surface area (Å²) in [5, 5.41) is 3.72. The molecule has 0 heterocycles.